The average molecular weight is 254 g/mol. The molecule has 0 spiro atoms. The first kappa shape index (κ1) is 13.1. The summed E-state index contributed by atoms with van der Waals surface area (Å²) in [6.45, 7) is 2.39. The van der Waals surface area contributed by atoms with Crippen LogP contribution in [0.15, 0.2) is 53.7 Å². The molecule has 0 heterocycles. The van der Waals surface area contributed by atoms with Crippen molar-refractivity contribution in [3.8, 4) is 5.75 Å². The van der Waals surface area contributed by atoms with E-state index in [1.54, 1.807) is 7.11 Å². The van der Waals surface area contributed by atoms with Crippen molar-refractivity contribution in [2.45, 2.75) is 13.5 Å². The molecule has 0 aliphatic rings. The van der Waals surface area contributed by atoms with E-state index in [9.17, 15) is 0 Å². The van der Waals surface area contributed by atoms with Crippen molar-refractivity contribution >= 4 is 6.21 Å². The van der Waals surface area contributed by atoms with Crippen LogP contribution in [0.2, 0.25) is 0 Å². The maximum absolute atomic E-state index is 5.24. The van der Waals surface area contributed by atoms with Gasteiger partial charge in [0.1, 0.15) is 18.6 Å². The molecule has 0 amide bonds. The van der Waals surface area contributed by atoms with Crippen LogP contribution in [0.4, 0.5) is 0 Å². The first-order valence-corrected chi connectivity index (χ1v) is 6.06. The van der Waals surface area contributed by atoms with Gasteiger partial charge in [-0.3, -0.25) is 0 Å². The molecule has 0 N–H and O–H groups in total. The van der Waals surface area contributed by atoms with Crippen LogP contribution >= 0.6 is 0 Å². The lowest BCUT2D eigenvalue weighted by Crippen LogP contribution is -1.93. The van der Waals surface area contributed by atoms with Crippen LogP contribution in [0.25, 0.3) is 0 Å². The fraction of sp³-hybridized carbons (Fsp3) is 0.188. The van der Waals surface area contributed by atoms with Crippen LogP contribution < -0.4 is 4.74 Å². The van der Waals surface area contributed by atoms with Gasteiger partial charge in [-0.05, 0) is 19.1 Å². The third-order valence-corrected chi connectivity index (χ3v) is 2.67. The fourth-order valence-electron chi connectivity index (χ4n) is 1.72. The molecule has 0 aliphatic heterocycles. The van der Waals surface area contributed by atoms with Gasteiger partial charge < -0.3 is 9.57 Å². The Morgan fingerprint density at radius 3 is 2.74 bits per heavy atom. The molecule has 2 aromatic rings. The molecule has 0 bridgehead atoms. The quantitative estimate of drug-likeness (QED) is 0.604. The number of aryl methyl sites for hydroxylation is 1. The third-order valence-electron chi connectivity index (χ3n) is 2.67. The summed E-state index contributed by atoms with van der Waals surface area (Å²) in [4.78, 5) is 5.24. The Balaban J connectivity index is 1.93. The van der Waals surface area contributed by atoms with Gasteiger partial charge in [-0.2, -0.15) is 0 Å². The number of benzene rings is 2. The molecule has 0 aliphatic carbocycles. The van der Waals surface area contributed by atoms with E-state index in [1.165, 1.54) is 5.56 Å². The monoisotopic (exact) mass is 254 g/mol. The largest absolute Gasteiger partial charge is 0.496 e. The molecule has 2 rings (SSSR count). The van der Waals surface area contributed by atoms with E-state index in [-0.39, 0.29) is 0 Å². The van der Waals surface area contributed by atoms with Crippen LogP contribution in [0.5, 0.6) is 5.75 Å². The normalized spacial score (nSPS) is 10.6. The van der Waals surface area contributed by atoms with Crippen LogP contribution in [-0.2, 0) is 11.4 Å². The molecule has 0 saturated heterocycles. The van der Waals surface area contributed by atoms with Crippen molar-refractivity contribution in [2.24, 2.45) is 5.16 Å². The number of rotatable bonds is 5. The van der Waals surface area contributed by atoms with Crippen molar-refractivity contribution in [3.05, 3.63) is 65.2 Å². The molecule has 2 aromatic carbocycles. The summed E-state index contributed by atoms with van der Waals surface area (Å²) in [6.07, 6.45) is 2.86. The summed E-state index contributed by atoms with van der Waals surface area (Å²) in [5, 5.41) is 3.85. The van der Waals surface area contributed by atoms with Gasteiger partial charge in [0.05, 0.1) is 7.11 Å². The Bertz CT molecular complexity index is 564. The van der Waals surface area contributed by atoms with E-state index < -0.39 is 0 Å². The van der Waals surface area contributed by atoms with Gasteiger partial charge in [0.25, 0.3) is 0 Å². The smallest absolute Gasteiger partial charge is 0.145 e. The fourth-order valence-corrected chi connectivity index (χ4v) is 1.72. The van der Waals surface area contributed by atoms with E-state index in [4.69, 9.17) is 9.57 Å². The Hall–Kier alpha value is -2.29. The summed E-state index contributed by atoms with van der Waals surface area (Å²) in [5.74, 6) is 0.799. The Labute approximate surface area is 113 Å². The molecule has 0 atom stereocenters. The second kappa shape index (κ2) is 6.59. The third kappa shape index (κ3) is 3.85. The minimum atomic E-state index is 0.364. The van der Waals surface area contributed by atoms with E-state index in [0.29, 0.717) is 6.61 Å². The zero-order valence-corrected chi connectivity index (χ0v) is 11.1. The van der Waals surface area contributed by atoms with Crippen LogP contribution in [-0.4, -0.2) is 13.3 Å². The summed E-state index contributed by atoms with van der Waals surface area (Å²) >= 11 is 0. The van der Waals surface area contributed by atoms with Crippen LogP contribution in [0.3, 0.4) is 0 Å². The van der Waals surface area contributed by atoms with Gasteiger partial charge in [-0.15, -0.1) is 0 Å². The van der Waals surface area contributed by atoms with Crippen LogP contribution in [0.1, 0.15) is 16.7 Å². The van der Waals surface area contributed by atoms with E-state index in [0.717, 1.165) is 16.9 Å². The molecule has 0 fully saturated rings. The highest BCUT2D eigenvalue weighted by atomic mass is 16.6. The van der Waals surface area contributed by atoms with Crippen molar-refractivity contribution in [3.63, 3.8) is 0 Å². The topological polar surface area (TPSA) is 30.8 Å². The SMILES string of the molecule is COc1ccccc1CO/N=[C]\c1cccc(C)c1. The van der Waals surface area contributed by atoms with Gasteiger partial charge >= 0.3 is 0 Å². The Morgan fingerprint density at radius 1 is 1.11 bits per heavy atom. The lowest BCUT2D eigenvalue weighted by Gasteiger charge is -2.06. The van der Waals surface area contributed by atoms with Gasteiger partial charge in [-0.1, -0.05) is 47.1 Å². The molecular formula is C16H16NO2. The Kier molecular flexibility index (Phi) is 4.56. The van der Waals surface area contributed by atoms with Crippen molar-refractivity contribution < 1.29 is 9.57 Å². The van der Waals surface area contributed by atoms with Crippen molar-refractivity contribution in [1.29, 1.82) is 0 Å². The maximum atomic E-state index is 5.24. The van der Waals surface area contributed by atoms with Gasteiger partial charge in [0, 0.05) is 11.1 Å². The second-order valence-corrected chi connectivity index (χ2v) is 4.16. The zero-order valence-electron chi connectivity index (χ0n) is 11.1. The van der Waals surface area contributed by atoms with E-state index >= 15 is 0 Å². The number of hydrogen-bond donors (Lipinski definition) is 0. The number of ether oxygens (including phenoxy) is 1. The van der Waals surface area contributed by atoms with E-state index in [1.807, 2.05) is 55.5 Å². The first-order chi connectivity index (χ1) is 9.29. The second-order valence-electron chi connectivity index (χ2n) is 4.16. The van der Waals surface area contributed by atoms with Crippen molar-refractivity contribution in [1.82, 2.24) is 0 Å². The molecule has 0 unspecified atom stereocenters. The molecule has 0 aromatic heterocycles. The summed E-state index contributed by atoms with van der Waals surface area (Å²) in [5.41, 5.74) is 3.03. The average Bonchev–Trinajstić information content (AvgIpc) is 2.44. The molecule has 0 saturated carbocycles. The molecule has 1 radical (unpaired) electrons. The summed E-state index contributed by atoms with van der Waals surface area (Å²) in [6, 6.07) is 15.6. The minimum Gasteiger partial charge on any atom is -0.496 e. The predicted octanol–water partition coefficient (Wildman–Crippen LogP) is 3.43. The number of hydrogen-bond acceptors (Lipinski definition) is 3. The maximum Gasteiger partial charge on any atom is 0.145 e. The number of methoxy groups -OCH3 is 1. The van der Waals surface area contributed by atoms with Gasteiger partial charge in [-0.25, -0.2) is 0 Å². The Morgan fingerprint density at radius 2 is 1.95 bits per heavy atom. The highest BCUT2D eigenvalue weighted by molar-refractivity contribution is 5.79. The lowest BCUT2D eigenvalue weighted by atomic mass is 10.2. The van der Waals surface area contributed by atoms with Gasteiger partial charge in [0.15, 0.2) is 0 Å². The predicted molar refractivity (Wildman–Crippen MR) is 75.5 cm³/mol. The summed E-state index contributed by atoms with van der Waals surface area (Å²) < 4.78 is 5.23. The lowest BCUT2D eigenvalue weighted by molar-refractivity contribution is 0.130. The van der Waals surface area contributed by atoms with Crippen molar-refractivity contribution in [2.75, 3.05) is 7.11 Å². The standard InChI is InChI=1S/C16H16NO2/c1-13-6-5-7-14(10-13)11-17-19-12-15-8-3-4-9-16(15)18-2/h3-10H,12H2,1-2H3. The van der Waals surface area contributed by atoms with E-state index in [2.05, 4.69) is 11.4 Å². The zero-order chi connectivity index (χ0) is 13.5. The molecule has 19 heavy (non-hydrogen) atoms. The summed E-state index contributed by atoms with van der Waals surface area (Å²) in [7, 11) is 1.64. The minimum absolute atomic E-state index is 0.364. The molecule has 97 valence electrons. The molecule has 3 heteroatoms. The highest BCUT2D eigenvalue weighted by Gasteiger charge is 2.00. The number of nitrogens with zero attached hydrogens (tertiary/aromatic N) is 1. The highest BCUT2D eigenvalue weighted by Crippen LogP contribution is 2.17. The molecule has 3 nitrogen and oxygen atoms in total. The number of para-hydroxylation sites is 1. The molecular weight excluding hydrogens is 238 g/mol. The first-order valence-electron chi connectivity index (χ1n) is 6.06. The van der Waals surface area contributed by atoms with Gasteiger partial charge in [0.2, 0.25) is 0 Å². The van der Waals surface area contributed by atoms with Crippen LogP contribution in [0, 0.1) is 6.92 Å².